The van der Waals surface area contributed by atoms with Gasteiger partial charge in [-0.15, -0.1) is 5.10 Å². The molecule has 2 fully saturated rings. The number of esters is 1. The first-order valence-corrected chi connectivity index (χ1v) is 29.5. The van der Waals surface area contributed by atoms with Crippen molar-refractivity contribution >= 4 is 15.8 Å². The van der Waals surface area contributed by atoms with Gasteiger partial charge in [-0.05, 0) is 119 Å². The van der Waals surface area contributed by atoms with Crippen molar-refractivity contribution in [2.75, 3.05) is 54.7 Å². The molecule has 0 radical (unpaired) electrons. The zero-order chi connectivity index (χ0) is 56.8. The minimum absolute atomic E-state index is 0.0448. The van der Waals surface area contributed by atoms with Crippen LogP contribution in [0, 0.1) is 40.9 Å². The monoisotopic (exact) mass is 1100 g/mol. The van der Waals surface area contributed by atoms with Crippen LogP contribution in [0.4, 0.5) is 4.39 Å². The average molecular weight is 1100 g/mol. The van der Waals surface area contributed by atoms with Crippen molar-refractivity contribution in [2.45, 2.75) is 212 Å². The van der Waals surface area contributed by atoms with Gasteiger partial charge in [0.1, 0.15) is 23.9 Å². The van der Waals surface area contributed by atoms with E-state index in [1.165, 1.54) is 7.11 Å². The fourth-order valence-electron chi connectivity index (χ4n) is 12.8. The summed E-state index contributed by atoms with van der Waals surface area (Å²) in [4.78, 5) is 19.4. The van der Waals surface area contributed by atoms with Crippen molar-refractivity contribution in [1.29, 1.82) is 0 Å². The van der Waals surface area contributed by atoms with E-state index >= 15 is 0 Å². The first-order chi connectivity index (χ1) is 35.4. The van der Waals surface area contributed by atoms with Crippen LogP contribution in [0.3, 0.4) is 0 Å². The van der Waals surface area contributed by atoms with E-state index in [1.807, 2.05) is 60.9 Å². The van der Waals surface area contributed by atoms with Gasteiger partial charge in [-0.1, -0.05) is 58.9 Å². The van der Waals surface area contributed by atoms with Crippen molar-refractivity contribution in [1.82, 2.24) is 24.8 Å². The van der Waals surface area contributed by atoms with E-state index in [9.17, 15) is 32.9 Å². The fraction of sp³-hybridized carbons (Fsp3) is 0.842. The molecule has 4 heterocycles. The van der Waals surface area contributed by atoms with Gasteiger partial charge in [0, 0.05) is 75.2 Å². The van der Waals surface area contributed by atoms with Gasteiger partial charge in [0.25, 0.3) is 0 Å². The number of nitrogens with zero attached hydrogens (tertiary/aromatic N) is 5. The minimum Gasteiger partial charge on any atom is -0.492 e. The van der Waals surface area contributed by atoms with Crippen molar-refractivity contribution in [3.8, 4) is 0 Å². The number of hydrogen-bond acceptors (Lipinski definition) is 16. The average Bonchev–Trinajstić information content (AvgIpc) is 3.82. The number of rotatable bonds is 18. The number of methoxy groups -OCH3 is 2. The zero-order valence-corrected chi connectivity index (χ0v) is 49.8. The lowest BCUT2D eigenvalue weighted by molar-refractivity contribution is -0.185. The maximum atomic E-state index is 14.7. The number of aliphatic hydroxyl groups excluding tert-OH is 2. The molecule has 2 saturated heterocycles. The predicted octanol–water partition coefficient (Wildman–Crippen LogP) is 6.73. The van der Waals surface area contributed by atoms with E-state index in [2.05, 4.69) is 41.0 Å². The molecule has 436 valence electrons. The molecule has 18 atom stereocenters. The molecule has 1 aromatic heterocycles. The molecule has 3 N–H and O–H groups in total. The number of allylic oxidation sites excluding steroid dienone is 3. The Morgan fingerprint density at radius 1 is 1.03 bits per heavy atom. The molecular formula is C57H98FN5O12S. The summed E-state index contributed by atoms with van der Waals surface area (Å²) in [5.74, 6) is -2.89. The number of carbonyl (C=O) groups is 1. The summed E-state index contributed by atoms with van der Waals surface area (Å²) in [7, 11) is 3.73. The van der Waals surface area contributed by atoms with Crippen LogP contribution in [0.15, 0.2) is 41.2 Å². The number of ether oxygens (including phenoxy) is 6. The fourth-order valence-corrected chi connectivity index (χ4v) is 13.9. The molecule has 5 rings (SSSR count). The summed E-state index contributed by atoms with van der Waals surface area (Å²) in [5.41, 5.74) is -2.62. The third-order valence-electron chi connectivity index (χ3n) is 17.6. The topological polar surface area (TPSA) is 204 Å². The molecule has 1 aromatic rings. The number of hydrogen-bond donors (Lipinski definition) is 3. The molecule has 0 bridgehead atoms. The lowest BCUT2D eigenvalue weighted by atomic mass is 9.71. The number of sulfone groups is 1. The van der Waals surface area contributed by atoms with Crippen LogP contribution in [0.1, 0.15) is 128 Å². The van der Waals surface area contributed by atoms with Crippen LogP contribution < -0.4 is 0 Å². The largest absolute Gasteiger partial charge is 0.492 e. The zero-order valence-electron chi connectivity index (χ0n) is 49.0. The SMILES string of the molecule is CC[C@H]1OC(=O)C(C)[C@@H](C2=C[C@@](C)(OC)[C@@H](O)[C@H](C)O2)[C@H](C)[C@@H](OC[C@H]2C[C@@H](N(C)CCc3cn(CC(CF)C(OC)C4C=CC(S(=O)(=O)C(C)C)=CC4)nn3)C[C@@H](C)O2)[C@](C)(O)C[C@@H](C)CN(C)[C@H](C)[C@@H](O)C1(C)C. The molecule has 0 amide bonds. The van der Waals surface area contributed by atoms with Crippen LogP contribution in [0.5, 0.6) is 0 Å². The number of cyclic esters (lactones) is 1. The normalized spacial score (nSPS) is 37.4. The van der Waals surface area contributed by atoms with Crippen LogP contribution in [-0.4, -0.2) is 187 Å². The summed E-state index contributed by atoms with van der Waals surface area (Å²) in [6.45, 7) is 25.4. The number of alkyl halides is 1. The molecule has 4 aliphatic rings. The van der Waals surface area contributed by atoms with Crippen molar-refractivity contribution in [3.63, 3.8) is 0 Å². The van der Waals surface area contributed by atoms with E-state index in [0.717, 1.165) is 12.1 Å². The summed E-state index contributed by atoms with van der Waals surface area (Å²) in [6, 6.07) is -0.173. The van der Waals surface area contributed by atoms with Gasteiger partial charge in [0.2, 0.25) is 0 Å². The Bertz CT molecular complexity index is 2240. The highest BCUT2D eigenvalue weighted by Crippen LogP contribution is 2.44. The second-order valence-electron chi connectivity index (χ2n) is 24.5. The van der Waals surface area contributed by atoms with E-state index < -0.39 is 105 Å². The third-order valence-corrected chi connectivity index (χ3v) is 19.8. The molecule has 76 heavy (non-hydrogen) atoms. The smallest absolute Gasteiger partial charge is 0.309 e. The highest BCUT2D eigenvalue weighted by molar-refractivity contribution is 7.96. The Balaban J connectivity index is 1.35. The predicted molar refractivity (Wildman–Crippen MR) is 291 cm³/mol. The van der Waals surface area contributed by atoms with Crippen LogP contribution in [0.25, 0.3) is 0 Å². The van der Waals surface area contributed by atoms with E-state index in [-0.39, 0.29) is 54.2 Å². The van der Waals surface area contributed by atoms with Crippen LogP contribution in [0.2, 0.25) is 0 Å². The van der Waals surface area contributed by atoms with E-state index in [0.29, 0.717) is 51.0 Å². The summed E-state index contributed by atoms with van der Waals surface area (Å²) in [6.07, 6.45) is 7.10. The van der Waals surface area contributed by atoms with Crippen molar-refractivity contribution in [2.24, 2.45) is 40.9 Å². The van der Waals surface area contributed by atoms with Crippen molar-refractivity contribution < 1.29 is 61.3 Å². The van der Waals surface area contributed by atoms with Gasteiger partial charge < -0.3 is 53.5 Å². The van der Waals surface area contributed by atoms with E-state index in [1.54, 1.807) is 64.6 Å². The Morgan fingerprint density at radius 3 is 2.30 bits per heavy atom. The third kappa shape index (κ3) is 14.9. The number of likely N-dealkylation sites (N-methyl/N-ethyl adjacent to an activating group) is 2. The van der Waals surface area contributed by atoms with Crippen LogP contribution in [-0.2, 0) is 56.0 Å². The van der Waals surface area contributed by atoms with Crippen LogP contribution >= 0.6 is 0 Å². The second kappa shape index (κ2) is 26.6. The van der Waals surface area contributed by atoms with E-state index in [4.69, 9.17) is 28.4 Å². The first kappa shape index (κ1) is 64.0. The second-order valence-corrected chi connectivity index (χ2v) is 27.0. The quantitative estimate of drug-likeness (QED) is 0.130. The van der Waals surface area contributed by atoms with Gasteiger partial charge in [-0.2, -0.15) is 0 Å². The molecule has 0 saturated carbocycles. The Hall–Kier alpha value is -2.85. The Kier molecular flexibility index (Phi) is 22.4. The number of carbonyl (C=O) groups excluding carboxylic acids is 1. The van der Waals surface area contributed by atoms with Gasteiger partial charge in [-0.3, -0.25) is 13.9 Å². The molecule has 0 aromatic carbocycles. The molecular weight excluding hydrogens is 998 g/mol. The molecule has 1 aliphatic carbocycles. The minimum atomic E-state index is -3.42. The number of aromatic nitrogens is 3. The molecule has 19 heteroatoms. The highest BCUT2D eigenvalue weighted by Gasteiger charge is 2.51. The lowest BCUT2D eigenvalue weighted by Crippen LogP contribution is -2.54. The summed E-state index contributed by atoms with van der Waals surface area (Å²) >= 11 is 0. The number of aliphatic hydroxyl groups is 3. The number of halogens is 1. The molecule has 17 nitrogen and oxygen atoms in total. The maximum absolute atomic E-state index is 14.7. The lowest BCUT2D eigenvalue weighted by Gasteiger charge is -2.46. The van der Waals surface area contributed by atoms with Gasteiger partial charge in [-0.25, -0.2) is 8.42 Å². The molecule has 4 unspecified atom stereocenters. The molecule has 0 spiro atoms. The first-order valence-electron chi connectivity index (χ1n) is 28.0. The summed E-state index contributed by atoms with van der Waals surface area (Å²) < 4.78 is 80.2. The maximum Gasteiger partial charge on any atom is 0.309 e. The van der Waals surface area contributed by atoms with Gasteiger partial charge >= 0.3 is 5.97 Å². The Morgan fingerprint density at radius 2 is 1.71 bits per heavy atom. The van der Waals surface area contributed by atoms with Gasteiger partial charge in [0.15, 0.2) is 9.84 Å². The van der Waals surface area contributed by atoms with Gasteiger partial charge in [0.05, 0.1) is 83.5 Å². The Labute approximate surface area is 455 Å². The highest BCUT2D eigenvalue weighted by atomic mass is 32.2. The van der Waals surface area contributed by atoms with Crippen molar-refractivity contribution in [3.05, 3.63) is 46.9 Å². The standard InChI is InChI=1S/C57H98FN5O12S/c1-18-48-55(10,11)51(64)39(8)62(15)30-35(4)27-56(12,67)53(37(6)49(38(7)54(66)75-48)47-28-57(13,71-17)52(65)40(9)74-47)72-33-45-26-44(25-36(5)73-45)61(14)24-23-43-32-63(60-59-43)31-42(29-58)50(70-16)41-19-21-46(22-20-41)76(68,69)34(2)3/h19,21-22,28,32,34-42,44-45,48-53,64-65,67H,18,20,23-27,29-31,33H2,1-17H3/t35-,36-,37+,38?,39-,40+,41?,42?,44+,45-,48-,49+,50?,51-,52+,53-,56-,57-/m1/s1. The molecule has 3 aliphatic heterocycles. The summed E-state index contributed by atoms with van der Waals surface area (Å²) in [5, 5.41) is 44.4.